The minimum absolute atomic E-state index is 0.248. The Balaban J connectivity index is 3.21. The van der Waals surface area contributed by atoms with Gasteiger partial charge in [0.2, 0.25) is 5.78 Å². The summed E-state index contributed by atoms with van der Waals surface area (Å²) in [6, 6.07) is 6.93. The molecule has 1 rings (SSSR count). The summed E-state index contributed by atoms with van der Waals surface area (Å²) >= 11 is 0. The van der Waals surface area contributed by atoms with E-state index < -0.39 is 31.3 Å². The second-order valence-corrected chi connectivity index (χ2v) is 7.02. The van der Waals surface area contributed by atoms with Gasteiger partial charge < -0.3 is 9.05 Å². The van der Waals surface area contributed by atoms with Crippen LogP contribution in [0.2, 0.25) is 0 Å². The molecule has 0 atom stereocenters. The highest BCUT2D eigenvalue weighted by atomic mass is 31.2. The Kier molecular flexibility index (Phi) is 5.79. The monoisotopic (exact) mass is 320 g/mol. The highest BCUT2D eigenvalue weighted by Gasteiger charge is 2.60. The number of ketones is 1. The highest BCUT2D eigenvalue weighted by Crippen LogP contribution is 2.64. The zero-order chi connectivity index (χ0) is 16.3. The van der Waals surface area contributed by atoms with Crippen LogP contribution in [0.3, 0.4) is 0 Å². The number of rotatable bonds is 7. The molecule has 1 aromatic rings. The molecule has 1 aromatic carbocycles. The van der Waals surface area contributed by atoms with Gasteiger partial charge in [0.25, 0.3) is 0 Å². The van der Waals surface area contributed by atoms with Crippen LogP contribution < -0.4 is 0 Å². The Bertz CT molecular complexity index is 515. The second-order valence-electron chi connectivity index (χ2n) is 5.04. The molecular weight excluding hydrogens is 301 g/mol. The standard InChI is InChI=1S/C14H19F2O4P/c1-10(2)19-21(18,20-11(3)4)14(15,16)13(17)12-8-6-5-7-9-12/h5-11H,1-4H3. The number of benzene rings is 1. The average Bonchev–Trinajstić information content (AvgIpc) is 2.36. The summed E-state index contributed by atoms with van der Waals surface area (Å²) in [5, 5.41) is 0. The highest BCUT2D eigenvalue weighted by molar-refractivity contribution is 7.56. The first-order chi connectivity index (χ1) is 9.60. The molecule has 0 aromatic heterocycles. The molecule has 0 saturated heterocycles. The summed E-state index contributed by atoms with van der Waals surface area (Å²) in [6.07, 6.45) is -1.55. The Hall–Kier alpha value is -1.10. The summed E-state index contributed by atoms with van der Waals surface area (Å²) in [4.78, 5) is 12.0. The van der Waals surface area contributed by atoms with Crippen molar-refractivity contribution in [3.8, 4) is 0 Å². The van der Waals surface area contributed by atoms with Gasteiger partial charge in [-0.3, -0.25) is 9.36 Å². The largest absolute Gasteiger partial charge is 0.408 e. The molecule has 7 heteroatoms. The van der Waals surface area contributed by atoms with E-state index in [0.29, 0.717) is 0 Å². The summed E-state index contributed by atoms with van der Waals surface area (Å²) in [7, 11) is -4.94. The first-order valence-corrected chi connectivity index (χ1v) is 8.09. The third-order valence-corrected chi connectivity index (χ3v) is 4.64. The average molecular weight is 320 g/mol. The van der Waals surface area contributed by atoms with E-state index in [1.807, 2.05) is 0 Å². The molecule has 0 unspecified atom stereocenters. The van der Waals surface area contributed by atoms with Crippen LogP contribution in [0.1, 0.15) is 38.1 Å². The predicted octanol–water partition coefficient (Wildman–Crippen LogP) is 4.51. The van der Waals surface area contributed by atoms with Crippen LogP contribution in [0.4, 0.5) is 8.78 Å². The summed E-state index contributed by atoms with van der Waals surface area (Å²) < 4.78 is 50.9. The van der Waals surface area contributed by atoms with Crippen molar-refractivity contribution in [2.75, 3.05) is 0 Å². The lowest BCUT2D eigenvalue weighted by Crippen LogP contribution is -2.32. The fraction of sp³-hybridized carbons (Fsp3) is 0.500. The smallest absolute Gasteiger partial charge is 0.301 e. The maximum Gasteiger partial charge on any atom is 0.408 e. The van der Waals surface area contributed by atoms with Gasteiger partial charge in [0.15, 0.2) is 0 Å². The molecule has 0 saturated carbocycles. The van der Waals surface area contributed by atoms with Crippen LogP contribution in [0.5, 0.6) is 0 Å². The summed E-state index contributed by atoms with van der Waals surface area (Å²) in [5.41, 5.74) is -4.49. The second kappa shape index (κ2) is 6.77. The Morgan fingerprint density at radius 3 is 1.86 bits per heavy atom. The summed E-state index contributed by atoms with van der Waals surface area (Å²) in [6.45, 7) is 5.78. The number of alkyl halides is 2. The Labute approximate surface area is 123 Å². The van der Waals surface area contributed by atoms with Crippen LogP contribution in [0.25, 0.3) is 0 Å². The zero-order valence-electron chi connectivity index (χ0n) is 12.4. The van der Waals surface area contributed by atoms with E-state index in [1.165, 1.54) is 52.0 Å². The lowest BCUT2D eigenvalue weighted by Gasteiger charge is -2.28. The fourth-order valence-corrected chi connectivity index (χ4v) is 3.40. The van der Waals surface area contributed by atoms with Crippen molar-refractivity contribution in [1.82, 2.24) is 0 Å². The van der Waals surface area contributed by atoms with Crippen molar-refractivity contribution in [3.05, 3.63) is 35.9 Å². The topological polar surface area (TPSA) is 52.6 Å². The molecule has 0 bridgehead atoms. The molecule has 118 valence electrons. The van der Waals surface area contributed by atoms with E-state index in [1.54, 1.807) is 6.07 Å². The molecule has 0 aliphatic carbocycles. The van der Waals surface area contributed by atoms with Gasteiger partial charge in [0.1, 0.15) is 0 Å². The number of hydrogen-bond donors (Lipinski definition) is 0. The fourth-order valence-electron chi connectivity index (χ4n) is 1.60. The molecule has 0 fully saturated rings. The SMILES string of the molecule is CC(C)OP(=O)(OC(C)C)C(F)(F)C(=O)c1ccccc1. The van der Waals surface area contributed by atoms with Crippen LogP contribution in [0, 0.1) is 0 Å². The third-order valence-electron chi connectivity index (χ3n) is 2.35. The molecular formula is C14H19F2O4P. The van der Waals surface area contributed by atoms with E-state index >= 15 is 0 Å². The van der Waals surface area contributed by atoms with Crippen molar-refractivity contribution < 1.29 is 27.2 Å². The van der Waals surface area contributed by atoms with Gasteiger partial charge in [-0.25, -0.2) is 0 Å². The quantitative estimate of drug-likeness (QED) is 0.548. The predicted molar refractivity (Wildman–Crippen MR) is 75.8 cm³/mol. The molecule has 21 heavy (non-hydrogen) atoms. The molecule has 4 nitrogen and oxygen atoms in total. The van der Waals surface area contributed by atoms with Crippen molar-refractivity contribution in [3.63, 3.8) is 0 Å². The number of carbonyl (C=O) groups excluding carboxylic acids is 1. The molecule has 0 aliphatic rings. The van der Waals surface area contributed by atoms with Gasteiger partial charge in [0.05, 0.1) is 12.2 Å². The molecule has 0 heterocycles. The molecule has 0 radical (unpaired) electrons. The maximum atomic E-state index is 14.4. The van der Waals surface area contributed by atoms with Gasteiger partial charge in [-0.2, -0.15) is 8.78 Å². The number of hydrogen-bond acceptors (Lipinski definition) is 4. The van der Waals surface area contributed by atoms with E-state index in [9.17, 15) is 18.1 Å². The van der Waals surface area contributed by atoms with Gasteiger partial charge in [-0.1, -0.05) is 30.3 Å². The normalized spacial score (nSPS) is 13.0. The lowest BCUT2D eigenvalue weighted by atomic mass is 10.1. The van der Waals surface area contributed by atoms with Crippen LogP contribution >= 0.6 is 7.60 Å². The van der Waals surface area contributed by atoms with Crippen molar-refractivity contribution in [2.24, 2.45) is 0 Å². The van der Waals surface area contributed by atoms with Gasteiger partial charge in [-0.15, -0.1) is 0 Å². The maximum absolute atomic E-state index is 14.4. The number of halogens is 2. The molecule has 0 aliphatic heterocycles. The van der Waals surface area contributed by atoms with E-state index in [2.05, 4.69) is 0 Å². The van der Waals surface area contributed by atoms with Crippen LogP contribution in [-0.2, 0) is 13.6 Å². The molecule has 0 amide bonds. The zero-order valence-corrected chi connectivity index (χ0v) is 13.3. The Morgan fingerprint density at radius 2 is 1.48 bits per heavy atom. The van der Waals surface area contributed by atoms with Crippen molar-refractivity contribution >= 4 is 13.4 Å². The van der Waals surface area contributed by atoms with Crippen molar-refractivity contribution in [1.29, 1.82) is 0 Å². The number of Topliss-reactive ketones (excluding diaryl/α,β-unsaturated/α-hetero) is 1. The Morgan fingerprint density at radius 1 is 1.05 bits per heavy atom. The van der Waals surface area contributed by atoms with Gasteiger partial charge >= 0.3 is 13.3 Å². The minimum atomic E-state index is -4.94. The van der Waals surface area contributed by atoms with E-state index in [0.717, 1.165) is 0 Å². The van der Waals surface area contributed by atoms with Gasteiger partial charge in [0, 0.05) is 5.56 Å². The minimum Gasteiger partial charge on any atom is -0.301 e. The molecule has 0 spiro atoms. The molecule has 0 N–H and O–H groups in total. The van der Waals surface area contributed by atoms with Crippen LogP contribution in [0.15, 0.2) is 30.3 Å². The third kappa shape index (κ3) is 4.19. The lowest BCUT2D eigenvalue weighted by molar-refractivity contribution is 0.0215. The van der Waals surface area contributed by atoms with Crippen LogP contribution in [-0.4, -0.2) is 23.7 Å². The first-order valence-electron chi connectivity index (χ1n) is 6.54. The van der Waals surface area contributed by atoms with E-state index in [-0.39, 0.29) is 5.56 Å². The van der Waals surface area contributed by atoms with E-state index in [4.69, 9.17) is 9.05 Å². The number of carbonyl (C=O) groups is 1. The van der Waals surface area contributed by atoms with Crippen molar-refractivity contribution in [2.45, 2.75) is 45.6 Å². The first kappa shape index (κ1) is 18.0. The van der Waals surface area contributed by atoms with Gasteiger partial charge in [-0.05, 0) is 27.7 Å². The summed E-state index contributed by atoms with van der Waals surface area (Å²) in [5.74, 6) is -1.58.